The Morgan fingerprint density at radius 3 is 2.80 bits per heavy atom. The molecule has 0 aromatic carbocycles. The summed E-state index contributed by atoms with van der Waals surface area (Å²) in [5.74, 6) is 0. The average Bonchev–Trinajstić information content (AvgIpc) is 2.90. The number of thiazole rings is 1. The Bertz CT molecular complexity index is 446. The van der Waals surface area contributed by atoms with Gasteiger partial charge in [0, 0.05) is 13.1 Å². The largest absolute Gasteiger partial charge is 0.466 e. The minimum Gasteiger partial charge on any atom is -0.466 e. The molecule has 2 heterocycles. The van der Waals surface area contributed by atoms with E-state index in [1.807, 2.05) is 4.90 Å². The van der Waals surface area contributed by atoms with Crippen molar-refractivity contribution in [1.82, 2.24) is 9.88 Å². The van der Waals surface area contributed by atoms with Gasteiger partial charge in [-0.2, -0.15) is 13.2 Å². The Hall–Kier alpha value is -1.19. The minimum absolute atomic E-state index is 0.0706. The standard InChI is InChI=1S/C11H13F3N2O3S/c12-11(13,14)10-9(20-6-15-10)8(5-19-7-17)16-1-3-18-4-2-16/h6-8H,1-5H2. The van der Waals surface area contributed by atoms with Gasteiger partial charge in [0.25, 0.3) is 6.47 Å². The van der Waals surface area contributed by atoms with E-state index in [4.69, 9.17) is 4.74 Å². The number of aromatic nitrogens is 1. The molecule has 0 saturated carbocycles. The zero-order valence-electron chi connectivity index (χ0n) is 10.4. The molecule has 5 nitrogen and oxygen atoms in total. The van der Waals surface area contributed by atoms with Gasteiger partial charge in [-0.25, -0.2) is 4.98 Å². The van der Waals surface area contributed by atoms with E-state index in [9.17, 15) is 18.0 Å². The normalized spacial score (nSPS) is 18.8. The Morgan fingerprint density at radius 2 is 2.20 bits per heavy atom. The van der Waals surface area contributed by atoms with Crippen LogP contribution in [0.15, 0.2) is 5.51 Å². The Labute approximate surface area is 117 Å². The number of carbonyl (C=O) groups excluding carboxylic acids is 1. The SMILES string of the molecule is O=COCC(c1scnc1C(F)(F)F)N1CCOCC1. The number of morpholine rings is 1. The monoisotopic (exact) mass is 310 g/mol. The molecule has 1 saturated heterocycles. The maximum absolute atomic E-state index is 12.9. The molecular formula is C11H13F3N2O3S. The van der Waals surface area contributed by atoms with Crippen LogP contribution in [0.2, 0.25) is 0 Å². The van der Waals surface area contributed by atoms with Gasteiger partial charge in [-0.15, -0.1) is 11.3 Å². The summed E-state index contributed by atoms with van der Waals surface area (Å²) in [6, 6.07) is -0.645. The molecule has 9 heteroatoms. The van der Waals surface area contributed by atoms with Crippen molar-refractivity contribution in [3.63, 3.8) is 0 Å². The van der Waals surface area contributed by atoms with E-state index in [1.165, 1.54) is 0 Å². The Morgan fingerprint density at radius 1 is 1.50 bits per heavy atom. The lowest BCUT2D eigenvalue weighted by Gasteiger charge is -2.33. The van der Waals surface area contributed by atoms with E-state index in [0.29, 0.717) is 26.3 Å². The lowest BCUT2D eigenvalue weighted by molar-refractivity contribution is -0.142. The van der Waals surface area contributed by atoms with Crippen molar-refractivity contribution >= 4 is 17.8 Å². The number of ether oxygens (including phenoxy) is 2. The summed E-state index contributed by atoms with van der Waals surface area (Å²) in [5.41, 5.74) is 0.250. The topological polar surface area (TPSA) is 51.7 Å². The number of alkyl halides is 3. The van der Waals surface area contributed by atoms with Gasteiger partial charge in [0.1, 0.15) is 6.61 Å². The van der Waals surface area contributed by atoms with Gasteiger partial charge in [-0.1, -0.05) is 0 Å². The van der Waals surface area contributed by atoms with Crippen molar-refractivity contribution in [2.24, 2.45) is 0 Å². The van der Waals surface area contributed by atoms with E-state index >= 15 is 0 Å². The molecule has 1 aliphatic rings. The second-order valence-corrected chi connectivity index (χ2v) is 5.04. The lowest BCUT2D eigenvalue weighted by Crippen LogP contribution is -2.41. The highest BCUT2D eigenvalue weighted by atomic mass is 32.1. The Balaban J connectivity index is 2.25. The molecule has 1 atom stereocenters. The van der Waals surface area contributed by atoms with E-state index in [0.717, 1.165) is 16.8 Å². The van der Waals surface area contributed by atoms with Gasteiger partial charge in [0.2, 0.25) is 0 Å². The number of halogens is 3. The van der Waals surface area contributed by atoms with Gasteiger partial charge < -0.3 is 9.47 Å². The molecule has 1 aromatic rings. The second kappa shape index (κ2) is 6.51. The summed E-state index contributed by atoms with van der Waals surface area (Å²) in [6.07, 6.45) is -4.51. The van der Waals surface area contributed by atoms with Crippen LogP contribution < -0.4 is 0 Å². The first-order valence-electron chi connectivity index (χ1n) is 5.91. The summed E-state index contributed by atoms with van der Waals surface area (Å²) < 4.78 is 48.6. The lowest BCUT2D eigenvalue weighted by atomic mass is 10.1. The van der Waals surface area contributed by atoms with Crippen LogP contribution in [0.25, 0.3) is 0 Å². The summed E-state index contributed by atoms with van der Waals surface area (Å²) in [4.78, 5) is 15.6. The van der Waals surface area contributed by atoms with Crippen molar-refractivity contribution in [3.8, 4) is 0 Å². The van der Waals surface area contributed by atoms with Crippen molar-refractivity contribution < 1.29 is 27.4 Å². The number of nitrogens with zero attached hydrogens (tertiary/aromatic N) is 2. The fourth-order valence-electron chi connectivity index (χ4n) is 2.07. The third kappa shape index (κ3) is 3.47. The predicted octanol–water partition coefficient (Wildman–Crippen LogP) is 1.71. The Kier molecular flexibility index (Phi) is 4.95. The molecular weight excluding hydrogens is 297 g/mol. The smallest absolute Gasteiger partial charge is 0.434 e. The molecule has 0 N–H and O–H groups in total. The van der Waals surface area contributed by atoms with Gasteiger partial charge >= 0.3 is 6.18 Å². The van der Waals surface area contributed by atoms with E-state index in [1.54, 1.807) is 0 Å². The molecule has 0 spiro atoms. The first-order chi connectivity index (χ1) is 9.54. The predicted molar refractivity (Wildman–Crippen MR) is 64.3 cm³/mol. The molecule has 0 aliphatic carbocycles. The van der Waals surface area contributed by atoms with Crippen LogP contribution in [0.3, 0.4) is 0 Å². The van der Waals surface area contributed by atoms with Crippen LogP contribution in [0.1, 0.15) is 16.6 Å². The van der Waals surface area contributed by atoms with Crippen molar-refractivity contribution in [2.75, 3.05) is 32.9 Å². The minimum atomic E-state index is -4.51. The highest BCUT2D eigenvalue weighted by Gasteiger charge is 2.40. The summed E-state index contributed by atoms with van der Waals surface area (Å²) in [5, 5.41) is 0. The molecule has 1 unspecified atom stereocenters. The van der Waals surface area contributed by atoms with Gasteiger partial charge in [0.05, 0.1) is 29.6 Å². The molecule has 1 aliphatic heterocycles. The first kappa shape index (κ1) is 15.2. The van der Waals surface area contributed by atoms with Gasteiger partial charge in [-0.05, 0) is 0 Å². The molecule has 112 valence electrons. The van der Waals surface area contributed by atoms with E-state index < -0.39 is 17.9 Å². The maximum atomic E-state index is 12.9. The zero-order chi connectivity index (χ0) is 14.6. The van der Waals surface area contributed by atoms with Crippen molar-refractivity contribution in [2.45, 2.75) is 12.2 Å². The van der Waals surface area contributed by atoms with Crippen LogP contribution in [-0.4, -0.2) is 49.3 Å². The van der Waals surface area contributed by atoms with Crippen LogP contribution in [0, 0.1) is 0 Å². The summed E-state index contributed by atoms with van der Waals surface area (Å²) >= 11 is 0.919. The molecule has 0 bridgehead atoms. The number of rotatable bonds is 5. The molecule has 1 fully saturated rings. The highest BCUT2D eigenvalue weighted by Crippen LogP contribution is 2.38. The van der Waals surface area contributed by atoms with Gasteiger partial charge in [-0.3, -0.25) is 9.69 Å². The third-order valence-electron chi connectivity index (χ3n) is 2.97. The summed E-state index contributed by atoms with van der Waals surface area (Å²) in [6.45, 7) is 1.97. The van der Waals surface area contributed by atoms with Crippen LogP contribution in [-0.2, 0) is 20.4 Å². The molecule has 1 aromatic heterocycles. The van der Waals surface area contributed by atoms with E-state index in [2.05, 4.69) is 9.72 Å². The van der Waals surface area contributed by atoms with E-state index in [-0.39, 0.29) is 18.0 Å². The van der Waals surface area contributed by atoms with Crippen molar-refractivity contribution in [3.05, 3.63) is 16.1 Å². The fraction of sp³-hybridized carbons (Fsp3) is 0.636. The highest BCUT2D eigenvalue weighted by molar-refractivity contribution is 7.09. The molecule has 0 radical (unpaired) electrons. The molecule has 20 heavy (non-hydrogen) atoms. The fourth-order valence-corrected chi connectivity index (χ4v) is 3.00. The quantitative estimate of drug-likeness (QED) is 0.775. The molecule has 2 rings (SSSR count). The number of carbonyl (C=O) groups is 1. The molecule has 0 amide bonds. The van der Waals surface area contributed by atoms with Crippen molar-refractivity contribution in [1.29, 1.82) is 0 Å². The third-order valence-corrected chi connectivity index (χ3v) is 3.90. The number of hydrogen-bond acceptors (Lipinski definition) is 6. The maximum Gasteiger partial charge on any atom is 0.434 e. The summed E-state index contributed by atoms with van der Waals surface area (Å²) in [7, 11) is 0. The average molecular weight is 310 g/mol. The second-order valence-electron chi connectivity index (χ2n) is 4.16. The first-order valence-corrected chi connectivity index (χ1v) is 6.79. The zero-order valence-corrected chi connectivity index (χ0v) is 11.2. The van der Waals surface area contributed by atoms with Crippen LogP contribution in [0.5, 0.6) is 0 Å². The number of hydrogen-bond donors (Lipinski definition) is 0. The van der Waals surface area contributed by atoms with Crippen LogP contribution >= 0.6 is 11.3 Å². The van der Waals surface area contributed by atoms with Crippen LogP contribution in [0.4, 0.5) is 13.2 Å². The van der Waals surface area contributed by atoms with Gasteiger partial charge in [0.15, 0.2) is 5.69 Å².